The molecule has 1 saturated heterocycles. The van der Waals surface area contributed by atoms with Crippen molar-refractivity contribution in [3.05, 3.63) is 51.4 Å². The average molecular weight is 428 g/mol. The van der Waals surface area contributed by atoms with Gasteiger partial charge in [0.15, 0.2) is 0 Å². The van der Waals surface area contributed by atoms with Crippen LogP contribution in [0.4, 0.5) is 18.9 Å². The van der Waals surface area contributed by atoms with Crippen LogP contribution in [0.25, 0.3) is 5.69 Å². The maximum atomic E-state index is 13.0. The van der Waals surface area contributed by atoms with Gasteiger partial charge in [-0.3, -0.25) is 4.79 Å². The molecule has 0 bridgehead atoms. The van der Waals surface area contributed by atoms with E-state index >= 15 is 0 Å². The summed E-state index contributed by atoms with van der Waals surface area (Å²) in [5.41, 5.74) is -1.22. The highest BCUT2D eigenvalue weighted by molar-refractivity contribution is 6.33. The Labute approximate surface area is 170 Å². The molecule has 1 unspecified atom stereocenters. The lowest BCUT2D eigenvalue weighted by Crippen LogP contribution is -2.42. The normalized spacial score (nSPS) is 21.4. The first-order chi connectivity index (χ1) is 13.8. The number of rotatable bonds is 3. The van der Waals surface area contributed by atoms with Crippen molar-refractivity contribution in [1.82, 2.24) is 9.78 Å². The van der Waals surface area contributed by atoms with E-state index in [0.717, 1.165) is 55.3 Å². The van der Waals surface area contributed by atoms with Crippen LogP contribution in [0, 0.1) is 0 Å². The summed E-state index contributed by atoms with van der Waals surface area (Å²) in [6, 6.07) is 4.53. The lowest BCUT2D eigenvalue weighted by Gasteiger charge is -2.39. The molecule has 1 aromatic carbocycles. The number of anilines is 1. The Morgan fingerprint density at radius 2 is 2.03 bits per heavy atom. The average Bonchev–Trinajstić information content (AvgIpc) is 3.12. The summed E-state index contributed by atoms with van der Waals surface area (Å²) in [7, 11) is 0. The molecule has 9 heteroatoms. The third-order valence-corrected chi connectivity index (χ3v) is 6.07. The summed E-state index contributed by atoms with van der Waals surface area (Å²) in [6.45, 7) is 0.643. The fourth-order valence-corrected chi connectivity index (χ4v) is 4.45. The van der Waals surface area contributed by atoms with Crippen LogP contribution in [0.15, 0.2) is 35.3 Å². The maximum absolute atomic E-state index is 13.0. The summed E-state index contributed by atoms with van der Waals surface area (Å²) >= 11 is 6.26. The number of hydrogen-bond donors (Lipinski definition) is 1. The fraction of sp³-hybridized carbons (Fsp3) is 0.500. The van der Waals surface area contributed by atoms with Gasteiger partial charge in [-0.2, -0.15) is 23.0 Å². The molecule has 1 N–H and O–H groups in total. The predicted molar refractivity (Wildman–Crippen MR) is 104 cm³/mol. The molecule has 1 aromatic heterocycles. The van der Waals surface area contributed by atoms with E-state index in [-0.39, 0.29) is 22.4 Å². The molecule has 0 amide bonds. The number of halogens is 4. The lowest BCUT2D eigenvalue weighted by atomic mass is 9.89. The molecule has 0 radical (unpaired) electrons. The molecule has 4 rings (SSSR count). The van der Waals surface area contributed by atoms with Crippen molar-refractivity contribution in [2.45, 2.75) is 56.3 Å². The number of alkyl halides is 3. The van der Waals surface area contributed by atoms with Crippen LogP contribution in [0.3, 0.4) is 0 Å². The molecule has 1 spiro atoms. The molecule has 2 heterocycles. The van der Waals surface area contributed by atoms with Gasteiger partial charge in [-0.05, 0) is 43.9 Å². The Bertz CT molecular complexity index is 955. The highest BCUT2D eigenvalue weighted by Gasteiger charge is 2.40. The zero-order valence-electron chi connectivity index (χ0n) is 15.6. The lowest BCUT2D eigenvalue weighted by molar-refractivity contribution is -0.137. The molecule has 1 aliphatic heterocycles. The number of aromatic nitrogens is 2. The molecule has 1 atom stereocenters. The first-order valence-corrected chi connectivity index (χ1v) is 10.0. The quantitative estimate of drug-likeness (QED) is 0.763. The summed E-state index contributed by atoms with van der Waals surface area (Å²) in [5, 5.41) is 7.24. The van der Waals surface area contributed by atoms with Gasteiger partial charge in [0.1, 0.15) is 5.02 Å². The van der Waals surface area contributed by atoms with Crippen LogP contribution < -0.4 is 10.9 Å². The van der Waals surface area contributed by atoms with E-state index in [2.05, 4.69) is 10.4 Å². The first kappa shape index (κ1) is 20.2. The summed E-state index contributed by atoms with van der Waals surface area (Å²) in [6.07, 6.45) is 2.88. The van der Waals surface area contributed by atoms with Crippen molar-refractivity contribution in [2.24, 2.45) is 0 Å². The second kappa shape index (κ2) is 7.65. The third-order valence-electron chi connectivity index (χ3n) is 5.70. The minimum Gasteiger partial charge on any atom is -0.379 e. The van der Waals surface area contributed by atoms with Crippen LogP contribution in [-0.4, -0.2) is 28.0 Å². The van der Waals surface area contributed by atoms with Crippen LogP contribution in [0.5, 0.6) is 0 Å². The van der Waals surface area contributed by atoms with Crippen LogP contribution in [0.1, 0.15) is 44.1 Å². The fourth-order valence-electron chi connectivity index (χ4n) is 4.27. The zero-order valence-corrected chi connectivity index (χ0v) is 16.4. The second-order valence-corrected chi connectivity index (χ2v) is 8.09. The first-order valence-electron chi connectivity index (χ1n) is 9.63. The van der Waals surface area contributed by atoms with Crippen molar-refractivity contribution in [3.8, 4) is 5.69 Å². The number of benzene rings is 1. The van der Waals surface area contributed by atoms with Gasteiger partial charge in [0.2, 0.25) is 0 Å². The topological polar surface area (TPSA) is 56.1 Å². The van der Waals surface area contributed by atoms with Gasteiger partial charge in [0, 0.05) is 12.6 Å². The molecule has 5 nitrogen and oxygen atoms in total. The van der Waals surface area contributed by atoms with Gasteiger partial charge in [0.25, 0.3) is 5.56 Å². The molecule has 156 valence electrons. The van der Waals surface area contributed by atoms with Gasteiger partial charge >= 0.3 is 6.18 Å². The molecule has 2 fully saturated rings. The maximum Gasteiger partial charge on any atom is 0.416 e. The number of nitrogens with zero attached hydrogens (tertiary/aromatic N) is 2. The van der Waals surface area contributed by atoms with Gasteiger partial charge in [-0.15, -0.1) is 0 Å². The molecule has 1 aliphatic carbocycles. The highest BCUT2D eigenvalue weighted by Crippen LogP contribution is 2.40. The number of nitrogens with one attached hydrogen (secondary N) is 1. The van der Waals surface area contributed by atoms with E-state index in [9.17, 15) is 18.0 Å². The largest absolute Gasteiger partial charge is 0.416 e. The molecule has 1 saturated carbocycles. The summed E-state index contributed by atoms with van der Waals surface area (Å²) in [4.78, 5) is 12.7. The van der Waals surface area contributed by atoms with E-state index in [1.54, 1.807) is 0 Å². The van der Waals surface area contributed by atoms with Crippen molar-refractivity contribution in [3.63, 3.8) is 0 Å². The second-order valence-electron chi connectivity index (χ2n) is 7.71. The summed E-state index contributed by atoms with van der Waals surface area (Å²) in [5.74, 6) is 0. The van der Waals surface area contributed by atoms with Gasteiger partial charge < -0.3 is 10.1 Å². The molecular formula is C20H21ClF3N3O2. The van der Waals surface area contributed by atoms with Crippen LogP contribution in [0.2, 0.25) is 5.02 Å². The Morgan fingerprint density at radius 3 is 2.76 bits per heavy atom. The minimum absolute atomic E-state index is 0.00856. The van der Waals surface area contributed by atoms with E-state index in [4.69, 9.17) is 16.3 Å². The van der Waals surface area contributed by atoms with E-state index in [0.29, 0.717) is 12.3 Å². The number of ether oxygens (including phenoxy) is 1. The van der Waals surface area contributed by atoms with E-state index in [1.165, 1.54) is 18.3 Å². The molecule has 2 aliphatic rings. The van der Waals surface area contributed by atoms with Crippen molar-refractivity contribution in [1.29, 1.82) is 0 Å². The predicted octanol–water partition coefficient (Wildman–Crippen LogP) is 4.81. The van der Waals surface area contributed by atoms with Crippen LogP contribution >= 0.6 is 11.6 Å². The van der Waals surface area contributed by atoms with Crippen molar-refractivity contribution < 1.29 is 17.9 Å². The standard InChI is InChI=1S/C20H21ClF3N3O2/c21-17-16(26-14-6-9-29-19(11-14)7-1-2-8-19)12-25-27(18(17)28)15-5-3-4-13(10-15)20(22,23)24/h3-5,10,12,14,26H,1-2,6-9,11H2. The Morgan fingerprint density at radius 1 is 1.28 bits per heavy atom. The molecule has 29 heavy (non-hydrogen) atoms. The monoisotopic (exact) mass is 427 g/mol. The SMILES string of the molecule is O=c1c(Cl)c(NC2CCOC3(CCCC3)C2)cnn1-c1cccc(C(F)(F)F)c1. The van der Waals surface area contributed by atoms with Gasteiger partial charge in [0.05, 0.1) is 28.7 Å². The summed E-state index contributed by atoms with van der Waals surface area (Å²) < 4.78 is 45.8. The Kier molecular flexibility index (Phi) is 5.33. The number of hydrogen-bond acceptors (Lipinski definition) is 4. The van der Waals surface area contributed by atoms with Gasteiger partial charge in [-0.1, -0.05) is 30.5 Å². The van der Waals surface area contributed by atoms with E-state index in [1.807, 2.05) is 0 Å². The minimum atomic E-state index is -4.51. The molecular weight excluding hydrogens is 407 g/mol. The van der Waals surface area contributed by atoms with Gasteiger partial charge in [-0.25, -0.2) is 0 Å². The zero-order chi connectivity index (χ0) is 20.6. The smallest absolute Gasteiger partial charge is 0.379 e. The van der Waals surface area contributed by atoms with Crippen molar-refractivity contribution >= 4 is 17.3 Å². The van der Waals surface area contributed by atoms with Crippen molar-refractivity contribution in [2.75, 3.05) is 11.9 Å². The van der Waals surface area contributed by atoms with E-state index < -0.39 is 17.3 Å². The molecule has 2 aromatic rings. The Balaban J connectivity index is 1.57. The third kappa shape index (κ3) is 4.14. The van der Waals surface area contributed by atoms with Crippen LogP contribution in [-0.2, 0) is 10.9 Å². The Hall–Kier alpha value is -2.06. The highest BCUT2D eigenvalue weighted by atomic mass is 35.5.